The predicted molar refractivity (Wildman–Crippen MR) is 111 cm³/mol. The van der Waals surface area contributed by atoms with Gasteiger partial charge in [-0.25, -0.2) is 0 Å². The number of nitrogens with zero attached hydrogens (tertiary/aromatic N) is 2. The maximum absolute atomic E-state index is 13.2. The summed E-state index contributed by atoms with van der Waals surface area (Å²) in [7, 11) is 0. The van der Waals surface area contributed by atoms with Crippen LogP contribution >= 0.6 is 0 Å². The molecule has 1 aromatic carbocycles. The number of carbonyl (C=O) groups is 3. The zero-order valence-electron chi connectivity index (χ0n) is 17.0. The molecule has 2 fully saturated rings. The Labute approximate surface area is 176 Å². The average molecular weight is 409 g/mol. The highest BCUT2D eigenvalue weighted by atomic mass is 16.3. The SMILES string of the molecule is O=C(N[C@@H](C(=O)N1CCCC1)C1CCN(C(=O)c2ccco2)CC1)c1ccccc1. The Morgan fingerprint density at radius 3 is 2.23 bits per heavy atom. The molecule has 4 rings (SSSR count). The lowest BCUT2D eigenvalue weighted by Crippen LogP contribution is -2.54. The van der Waals surface area contributed by atoms with Crippen LogP contribution in [0, 0.1) is 5.92 Å². The molecule has 0 saturated carbocycles. The molecule has 2 aliphatic heterocycles. The van der Waals surface area contributed by atoms with E-state index in [-0.39, 0.29) is 23.6 Å². The third-order valence-electron chi connectivity index (χ3n) is 6.04. The number of rotatable bonds is 5. The Morgan fingerprint density at radius 2 is 1.60 bits per heavy atom. The number of amides is 3. The number of likely N-dealkylation sites (tertiary alicyclic amines) is 2. The van der Waals surface area contributed by atoms with Crippen LogP contribution in [0.1, 0.15) is 46.6 Å². The summed E-state index contributed by atoms with van der Waals surface area (Å²) < 4.78 is 5.22. The largest absolute Gasteiger partial charge is 0.459 e. The number of piperidine rings is 1. The first-order chi connectivity index (χ1) is 14.6. The maximum atomic E-state index is 13.2. The van der Waals surface area contributed by atoms with E-state index in [2.05, 4.69) is 5.32 Å². The van der Waals surface area contributed by atoms with Crippen molar-refractivity contribution in [3.8, 4) is 0 Å². The van der Waals surface area contributed by atoms with Gasteiger partial charge in [-0.05, 0) is 55.9 Å². The van der Waals surface area contributed by atoms with E-state index < -0.39 is 6.04 Å². The van der Waals surface area contributed by atoms with Crippen LogP contribution in [0.15, 0.2) is 53.1 Å². The van der Waals surface area contributed by atoms with E-state index in [1.807, 2.05) is 23.1 Å². The molecule has 0 spiro atoms. The normalized spacial score (nSPS) is 18.3. The third-order valence-corrected chi connectivity index (χ3v) is 6.04. The molecule has 2 aliphatic rings. The molecule has 7 heteroatoms. The van der Waals surface area contributed by atoms with Crippen molar-refractivity contribution >= 4 is 17.7 Å². The molecule has 0 aliphatic carbocycles. The summed E-state index contributed by atoms with van der Waals surface area (Å²) in [4.78, 5) is 42.2. The van der Waals surface area contributed by atoms with Crippen LogP contribution in [0.25, 0.3) is 0 Å². The lowest BCUT2D eigenvalue weighted by Gasteiger charge is -2.36. The molecule has 1 atom stereocenters. The Kier molecular flexibility index (Phi) is 6.16. The van der Waals surface area contributed by atoms with Crippen molar-refractivity contribution in [3.05, 3.63) is 60.1 Å². The smallest absolute Gasteiger partial charge is 0.289 e. The van der Waals surface area contributed by atoms with Gasteiger partial charge in [-0.3, -0.25) is 14.4 Å². The van der Waals surface area contributed by atoms with Crippen LogP contribution in [0.2, 0.25) is 0 Å². The number of benzene rings is 1. The van der Waals surface area contributed by atoms with Crippen LogP contribution in [-0.4, -0.2) is 59.7 Å². The predicted octanol–water partition coefficient (Wildman–Crippen LogP) is 2.55. The zero-order chi connectivity index (χ0) is 20.9. The van der Waals surface area contributed by atoms with Crippen LogP contribution < -0.4 is 5.32 Å². The summed E-state index contributed by atoms with van der Waals surface area (Å²) in [6, 6.07) is 11.8. The van der Waals surface area contributed by atoms with Gasteiger partial charge in [0.25, 0.3) is 11.8 Å². The van der Waals surface area contributed by atoms with Gasteiger partial charge in [-0.15, -0.1) is 0 Å². The van der Waals surface area contributed by atoms with Crippen molar-refractivity contribution < 1.29 is 18.8 Å². The van der Waals surface area contributed by atoms with E-state index in [0.717, 1.165) is 25.9 Å². The molecular weight excluding hydrogens is 382 g/mol. The molecule has 2 saturated heterocycles. The first-order valence-corrected chi connectivity index (χ1v) is 10.6. The van der Waals surface area contributed by atoms with E-state index in [9.17, 15) is 14.4 Å². The number of nitrogens with one attached hydrogen (secondary N) is 1. The van der Waals surface area contributed by atoms with Crippen molar-refractivity contribution in [2.45, 2.75) is 31.7 Å². The third kappa shape index (κ3) is 4.40. The quantitative estimate of drug-likeness (QED) is 0.823. The van der Waals surface area contributed by atoms with Crippen molar-refractivity contribution in [1.82, 2.24) is 15.1 Å². The number of furan rings is 1. The molecule has 7 nitrogen and oxygen atoms in total. The van der Waals surface area contributed by atoms with Gasteiger partial charge in [-0.1, -0.05) is 18.2 Å². The Bertz CT molecular complexity index is 867. The van der Waals surface area contributed by atoms with E-state index in [4.69, 9.17) is 4.42 Å². The van der Waals surface area contributed by atoms with Crippen LogP contribution in [0.5, 0.6) is 0 Å². The molecule has 0 bridgehead atoms. The van der Waals surface area contributed by atoms with Crippen molar-refractivity contribution in [3.63, 3.8) is 0 Å². The fourth-order valence-electron chi connectivity index (χ4n) is 4.32. The minimum atomic E-state index is -0.573. The van der Waals surface area contributed by atoms with Gasteiger partial charge in [0.05, 0.1) is 6.26 Å². The Balaban J connectivity index is 1.45. The van der Waals surface area contributed by atoms with Crippen LogP contribution in [0.4, 0.5) is 0 Å². The fourth-order valence-corrected chi connectivity index (χ4v) is 4.32. The molecule has 2 aromatic rings. The summed E-state index contributed by atoms with van der Waals surface area (Å²) in [6.07, 6.45) is 4.81. The van der Waals surface area contributed by atoms with E-state index >= 15 is 0 Å². The van der Waals surface area contributed by atoms with E-state index in [0.29, 0.717) is 37.3 Å². The monoisotopic (exact) mass is 409 g/mol. The molecule has 1 N–H and O–H groups in total. The van der Waals surface area contributed by atoms with Gasteiger partial charge in [-0.2, -0.15) is 0 Å². The van der Waals surface area contributed by atoms with Crippen LogP contribution in [-0.2, 0) is 4.79 Å². The van der Waals surface area contributed by atoms with Gasteiger partial charge >= 0.3 is 0 Å². The van der Waals surface area contributed by atoms with E-state index in [1.165, 1.54) is 6.26 Å². The van der Waals surface area contributed by atoms with Gasteiger partial charge in [0, 0.05) is 31.7 Å². The second-order valence-corrected chi connectivity index (χ2v) is 7.96. The molecule has 0 radical (unpaired) electrons. The zero-order valence-corrected chi connectivity index (χ0v) is 17.0. The number of carbonyl (C=O) groups excluding carboxylic acids is 3. The average Bonchev–Trinajstić information content (AvgIpc) is 3.52. The summed E-state index contributed by atoms with van der Waals surface area (Å²) in [5, 5.41) is 3.00. The standard InChI is InChI=1S/C23H27N3O4/c27-21(18-7-2-1-3-8-18)24-20(23(29)25-12-4-5-13-25)17-10-14-26(15-11-17)22(28)19-9-6-16-30-19/h1-3,6-9,16-17,20H,4-5,10-15H2,(H,24,27)/t20-/m1/s1. The lowest BCUT2D eigenvalue weighted by molar-refractivity contribution is -0.134. The number of hydrogen-bond acceptors (Lipinski definition) is 4. The first kappa shape index (κ1) is 20.2. The van der Waals surface area contributed by atoms with Gasteiger partial charge < -0.3 is 19.5 Å². The molecular formula is C23H27N3O4. The molecule has 30 heavy (non-hydrogen) atoms. The fraction of sp³-hybridized carbons (Fsp3) is 0.435. The minimum absolute atomic E-state index is 0.00686. The van der Waals surface area contributed by atoms with Gasteiger partial charge in [0.15, 0.2) is 5.76 Å². The van der Waals surface area contributed by atoms with Crippen molar-refractivity contribution in [1.29, 1.82) is 0 Å². The van der Waals surface area contributed by atoms with Gasteiger partial charge in [0.1, 0.15) is 6.04 Å². The Morgan fingerprint density at radius 1 is 0.900 bits per heavy atom. The minimum Gasteiger partial charge on any atom is -0.459 e. The molecule has 1 aromatic heterocycles. The van der Waals surface area contributed by atoms with Crippen molar-refractivity contribution in [2.75, 3.05) is 26.2 Å². The van der Waals surface area contributed by atoms with E-state index in [1.54, 1.807) is 29.2 Å². The highest BCUT2D eigenvalue weighted by Crippen LogP contribution is 2.25. The highest BCUT2D eigenvalue weighted by molar-refractivity contribution is 5.97. The molecule has 158 valence electrons. The summed E-state index contributed by atoms with van der Waals surface area (Å²) in [5.41, 5.74) is 0.544. The number of hydrogen-bond donors (Lipinski definition) is 1. The second-order valence-electron chi connectivity index (χ2n) is 7.96. The summed E-state index contributed by atoms with van der Waals surface area (Å²) in [5.74, 6) is -0.0500. The molecule has 3 heterocycles. The van der Waals surface area contributed by atoms with Crippen molar-refractivity contribution in [2.24, 2.45) is 5.92 Å². The molecule has 0 unspecified atom stereocenters. The Hall–Kier alpha value is -3.09. The van der Waals surface area contributed by atoms with Gasteiger partial charge in [0.2, 0.25) is 5.91 Å². The first-order valence-electron chi connectivity index (χ1n) is 10.6. The molecule has 3 amide bonds. The topological polar surface area (TPSA) is 82.9 Å². The van der Waals surface area contributed by atoms with Crippen LogP contribution in [0.3, 0.4) is 0 Å². The maximum Gasteiger partial charge on any atom is 0.289 e. The highest BCUT2D eigenvalue weighted by Gasteiger charge is 2.37. The lowest BCUT2D eigenvalue weighted by atomic mass is 9.88. The second kappa shape index (κ2) is 9.15. The summed E-state index contributed by atoms with van der Waals surface area (Å²) >= 11 is 0. The summed E-state index contributed by atoms with van der Waals surface area (Å²) in [6.45, 7) is 2.56.